The van der Waals surface area contributed by atoms with Gasteiger partial charge in [-0.3, -0.25) is 9.69 Å². The number of carbonyl (C=O) groups is 1. The third-order valence-corrected chi connectivity index (χ3v) is 5.42. The van der Waals surface area contributed by atoms with Gasteiger partial charge in [0.05, 0.1) is 6.42 Å². The monoisotopic (exact) mass is 360 g/mol. The maximum atomic E-state index is 12.4. The summed E-state index contributed by atoms with van der Waals surface area (Å²) < 4.78 is 0. The van der Waals surface area contributed by atoms with Gasteiger partial charge in [0.2, 0.25) is 11.9 Å². The van der Waals surface area contributed by atoms with Gasteiger partial charge in [-0.15, -0.1) is 0 Å². The van der Waals surface area contributed by atoms with Crippen molar-refractivity contribution in [2.45, 2.75) is 58.3 Å². The van der Waals surface area contributed by atoms with Gasteiger partial charge in [-0.2, -0.15) is 9.97 Å². The Balaban J connectivity index is 1.56. The van der Waals surface area contributed by atoms with Gasteiger partial charge in [-0.1, -0.05) is 26.2 Å². The summed E-state index contributed by atoms with van der Waals surface area (Å²) in [5.41, 5.74) is 6.86. The average molecular weight is 361 g/mol. The minimum absolute atomic E-state index is 0.0913. The Morgan fingerprint density at radius 2 is 2.04 bits per heavy atom. The lowest BCUT2D eigenvalue weighted by Crippen LogP contribution is -2.29. The number of fused-ring (bicyclic) bond motifs is 1. The third kappa shape index (κ3) is 4.63. The van der Waals surface area contributed by atoms with Crippen LogP contribution in [0.5, 0.6) is 0 Å². The molecule has 3 heterocycles. The van der Waals surface area contributed by atoms with Crippen molar-refractivity contribution in [3.05, 3.63) is 5.56 Å². The van der Waals surface area contributed by atoms with Gasteiger partial charge in [0.25, 0.3) is 0 Å². The van der Waals surface area contributed by atoms with E-state index in [-0.39, 0.29) is 5.91 Å². The summed E-state index contributed by atoms with van der Waals surface area (Å²) >= 11 is 0. The first kappa shape index (κ1) is 18.9. The highest BCUT2D eigenvalue weighted by atomic mass is 16.2. The maximum Gasteiger partial charge on any atom is 0.232 e. The molecule has 0 unspecified atom stereocenters. The molecule has 1 fully saturated rings. The molecule has 1 aromatic heterocycles. The predicted octanol–water partition coefficient (Wildman–Crippen LogP) is 2.33. The Morgan fingerprint density at radius 3 is 2.81 bits per heavy atom. The summed E-state index contributed by atoms with van der Waals surface area (Å²) in [4.78, 5) is 23.1. The number of aromatic nitrogens is 2. The molecule has 0 radical (unpaired) electrons. The highest BCUT2D eigenvalue weighted by Crippen LogP contribution is 2.32. The van der Waals surface area contributed by atoms with E-state index in [0.717, 1.165) is 63.3 Å². The topological polar surface area (TPSA) is 96.2 Å². The number of nitrogens with two attached hydrogens (primary N) is 1. The molecule has 1 amide bonds. The van der Waals surface area contributed by atoms with Crippen molar-refractivity contribution in [3.63, 3.8) is 0 Å². The lowest BCUT2D eigenvalue weighted by Gasteiger charge is -2.23. The molecular formula is C19H32N6O. The molecule has 7 nitrogen and oxygen atoms in total. The quantitative estimate of drug-likeness (QED) is 0.585. The minimum Gasteiger partial charge on any atom is -0.383 e. The van der Waals surface area contributed by atoms with E-state index >= 15 is 0 Å². The summed E-state index contributed by atoms with van der Waals surface area (Å²) in [5.74, 6) is 2.60. The molecule has 7 heteroatoms. The van der Waals surface area contributed by atoms with Crippen LogP contribution in [0.1, 0.15) is 57.4 Å². The molecule has 1 aromatic rings. The van der Waals surface area contributed by atoms with Gasteiger partial charge in [0.1, 0.15) is 11.6 Å². The van der Waals surface area contributed by atoms with Gasteiger partial charge in [-0.25, -0.2) is 0 Å². The van der Waals surface area contributed by atoms with E-state index < -0.39 is 0 Å². The lowest BCUT2D eigenvalue weighted by atomic mass is 9.92. The molecule has 26 heavy (non-hydrogen) atoms. The fraction of sp³-hybridized carbons (Fsp3) is 0.737. The van der Waals surface area contributed by atoms with Crippen LogP contribution in [0.25, 0.3) is 0 Å². The SMILES string of the molecule is CCCCNc1nc(N)c2c(n1)N(CCCCC1CCNCC1)C(=O)C2. The van der Waals surface area contributed by atoms with Crippen molar-refractivity contribution >= 4 is 23.5 Å². The van der Waals surface area contributed by atoms with Crippen molar-refractivity contribution in [2.24, 2.45) is 5.92 Å². The van der Waals surface area contributed by atoms with Crippen LogP contribution in [-0.4, -0.2) is 42.1 Å². The molecule has 3 rings (SSSR count). The number of piperidine rings is 1. The summed E-state index contributed by atoms with van der Waals surface area (Å²) in [7, 11) is 0. The second kappa shape index (κ2) is 9.16. The van der Waals surface area contributed by atoms with Crippen molar-refractivity contribution in [2.75, 3.05) is 42.1 Å². The number of hydrogen-bond donors (Lipinski definition) is 3. The number of carbonyl (C=O) groups excluding carboxylic acids is 1. The van der Waals surface area contributed by atoms with E-state index in [0.29, 0.717) is 24.0 Å². The van der Waals surface area contributed by atoms with E-state index in [4.69, 9.17) is 5.73 Å². The van der Waals surface area contributed by atoms with E-state index in [1.807, 2.05) is 0 Å². The normalized spacial score (nSPS) is 17.6. The zero-order chi connectivity index (χ0) is 18.4. The Labute approximate surface area is 156 Å². The van der Waals surface area contributed by atoms with Crippen LogP contribution in [0.4, 0.5) is 17.6 Å². The zero-order valence-electron chi connectivity index (χ0n) is 15.9. The van der Waals surface area contributed by atoms with Crippen LogP contribution >= 0.6 is 0 Å². The van der Waals surface area contributed by atoms with Crippen LogP contribution in [0.3, 0.4) is 0 Å². The number of nitrogens with zero attached hydrogens (tertiary/aromatic N) is 3. The van der Waals surface area contributed by atoms with Gasteiger partial charge < -0.3 is 16.4 Å². The zero-order valence-corrected chi connectivity index (χ0v) is 15.9. The Hall–Kier alpha value is -1.89. The third-order valence-electron chi connectivity index (χ3n) is 5.42. The Morgan fingerprint density at radius 1 is 1.23 bits per heavy atom. The number of anilines is 3. The molecule has 0 spiro atoms. The Kier molecular flexibility index (Phi) is 6.66. The van der Waals surface area contributed by atoms with Crippen LogP contribution in [0.15, 0.2) is 0 Å². The second-order valence-corrected chi connectivity index (χ2v) is 7.43. The first-order valence-corrected chi connectivity index (χ1v) is 10.1. The fourth-order valence-electron chi connectivity index (χ4n) is 3.81. The molecule has 1 saturated heterocycles. The highest BCUT2D eigenvalue weighted by Gasteiger charge is 2.31. The van der Waals surface area contributed by atoms with Crippen LogP contribution in [-0.2, 0) is 11.2 Å². The number of rotatable bonds is 9. The van der Waals surface area contributed by atoms with Gasteiger partial charge in [0.15, 0.2) is 0 Å². The van der Waals surface area contributed by atoms with Crippen molar-refractivity contribution in [3.8, 4) is 0 Å². The van der Waals surface area contributed by atoms with E-state index in [1.165, 1.54) is 19.3 Å². The van der Waals surface area contributed by atoms with Crippen LogP contribution in [0, 0.1) is 5.92 Å². The number of hydrogen-bond acceptors (Lipinski definition) is 6. The van der Waals surface area contributed by atoms with Gasteiger partial charge in [-0.05, 0) is 44.7 Å². The maximum absolute atomic E-state index is 12.4. The van der Waals surface area contributed by atoms with E-state index in [2.05, 4.69) is 27.5 Å². The number of nitrogens with one attached hydrogen (secondary N) is 2. The van der Waals surface area contributed by atoms with E-state index in [1.54, 1.807) is 4.90 Å². The summed E-state index contributed by atoms with van der Waals surface area (Å²) in [6.07, 6.45) is 8.47. The average Bonchev–Trinajstić information content (AvgIpc) is 2.96. The largest absolute Gasteiger partial charge is 0.383 e. The summed E-state index contributed by atoms with van der Waals surface area (Å²) in [6.45, 7) is 5.98. The molecule has 144 valence electrons. The van der Waals surface area contributed by atoms with E-state index in [9.17, 15) is 4.79 Å². The van der Waals surface area contributed by atoms with Gasteiger partial charge in [0, 0.05) is 18.7 Å². The smallest absolute Gasteiger partial charge is 0.232 e. The fourth-order valence-corrected chi connectivity index (χ4v) is 3.81. The highest BCUT2D eigenvalue weighted by molar-refractivity contribution is 6.01. The molecule has 2 aliphatic rings. The number of amides is 1. The molecule has 4 N–H and O–H groups in total. The summed E-state index contributed by atoms with van der Waals surface area (Å²) in [5, 5.41) is 6.63. The van der Waals surface area contributed by atoms with Crippen molar-refractivity contribution < 1.29 is 4.79 Å². The molecule has 0 aliphatic carbocycles. The van der Waals surface area contributed by atoms with Crippen LogP contribution < -0.4 is 21.3 Å². The number of unbranched alkanes of at least 4 members (excludes halogenated alkanes) is 2. The van der Waals surface area contributed by atoms with Crippen molar-refractivity contribution in [1.29, 1.82) is 0 Å². The van der Waals surface area contributed by atoms with Crippen LogP contribution in [0.2, 0.25) is 0 Å². The standard InChI is InChI=1S/C19H32N6O/c1-2-3-9-22-19-23-17(20)15-13-16(26)25(18(15)24-19)12-5-4-6-14-7-10-21-11-8-14/h14,21H,2-13H2,1H3,(H3,20,22,23,24). The molecule has 2 aliphatic heterocycles. The Bertz CT molecular complexity index is 614. The minimum atomic E-state index is 0.0913. The molecule has 0 aromatic carbocycles. The second-order valence-electron chi connectivity index (χ2n) is 7.43. The van der Waals surface area contributed by atoms with Crippen molar-refractivity contribution in [1.82, 2.24) is 15.3 Å². The summed E-state index contributed by atoms with van der Waals surface area (Å²) in [6, 6.07) is 0. The first-order chi connectivity index (χ1) is 12.7. The molecular weight excluding hydrogens is 328 g/mol. The molecule has 0 bridgehead atoms. The lowest BCUT2D eigenvalue weighted by molar-refractivity contribution is -0.117. The first-order valence-electron chi connectivity index (χ1n) is 10.1. The molecule has 0 saturated carbocycles. The molecule has 0 atom stereocenters. The van der Waals surface area contributed by atoms with Gasteiger partial charge >= 0.3 is 0 Å². The predicted molar refractivity (Wildman–Crippen MR) is 105 cm³/mol. The number of nitrogen functional groups attached to an aromatic ring is 1.